The molecule has 3 saturated carbocycles. The van der Waals surface area contributed by atoms with Crippen LogP contribution < -0.4 is 11.1 Å². The molecule has 2 amide bonds. The summed E-state index contributed by atoms with van der Waals surface area (Å²) in [7, 11) is 0. The van der Waals surface area contributed by atoms with E-state index in [1.54, 1.807) is 4.52 Å². The third-order valence-electron chi connectivity index (χ3n) is 7.68. The van der Waals surface area contributed by atoms with E-state index in [1.165, 1.54) is 0 Å². The van der Waals surface area contributed by atoms with Gasteiger partial charge in [0.1, 0.15) is 0 Å². The van der Waals surface area contributed by atoms with Gasteiger partial charge in [-0.1, -0.05) is 0 Å². The average Bonchev–Trinajstić information content (AvgIpc) is 3.63. The topological polar surface area (TPSA) is 88.5 Å². The highest BCUT2D eigenvalue weighted by molar-refractivity contribution is 5.79. The van der Waals surface area contributed by atoms with Gasteiger partial charge in [-0.25, -0.2) is 23.1 Å². The second-order valence-corrected chi connectivity index (χ2v) is 10.1. The van der Waals surface area contributed by atoms with Gasteiger partial charge in [0.05, 0.1) is 35.7 Å². The van der Waals surface area contributed by atoms with Crippen molar-refractivity contribution in [2.45, 2.75) is 74.9 Å². The largest absolute Gasteiger partial charge is 0.331 e. The molecule has 0 bridgehead atoms. The maximum absolute atomic E-state index is 13.5. The van der Waals surface area contributed by atoms with Crippen molar-refractivity contribution < 1.29 is 13.6 Å². The van der Waals surface area contributed by atoms with E-state index in [1.807, 2.05) is 23.4 Å². The Morgan fingerprint density at radius 1 is 1.13 bits per heavy atom. The maximum Gasteiger partial charge on any atom is 0.318 e. The molecule has 2 aromatic heterocycles. The molecule has 3 aliphatic carbocycles. The van der Waals surface area contributed by atoms with Gasteiger partial charge in [0, 0.05) is 19.4 Å². The molecule has 1 aliphatic heterocycles. The number of hydrogen-bond donors (Lipinski definition) is 2. The normalized spacial score (nSPS) is 26.9. The second-order valence-electron chi connectivity index (χ2n) is 10.1. The fourth-order valence-corrected chi connectivity index (χ4v) is 5.41. The van der Waals surface area contributed by atoms with E-state index in [0.717, 1.165) is 37.8 Å². The fourth-order valence-electron chi connectivity index (χ4n) is 5.41. The Morgan fingerprint density at radius 2 is 1.87 bits per heavy atom. The minimum atomic E-state index is -2.57. The van der Waals surface area contributed by atoms with Crippen LogP contribution in [0.2, 0.25) is 0 Å². The number of urea groups is 1. The van der Waals surface area contributed by atoms with Gasteiger partial charge in [-0.3, -0.25) is 0 Å². The number of nitrogens with one attached hydrogen (secondary N) is 1. The smallest absolute Gasteiger partial charge is 0.318 e. The number of amides is 2. The monoisotopic (exact) mass is 430 g/mol. The Bertz CT molecular complexity index is 1020. The van der Waals surface area contributed by atoms with Crippen molar-refractivity contribution >= 4 is 11.7 Å². The summed E-state index contributed by atoms with van der Waals surface area (Å²) in [6.45, 7) is 0.759. The Balaban J connectivity index is 1.25. The number of carbonyl (C=O) groups excluding carboxylic acids is 1. The number of hydrogen-bond acceptors (Lipinski definition) is 4. The van der Waals surface area contributed by atoms with Crippen LogP contribution in [0.3, 0.4) is 0 Å². The van der Waals surface area contributed by atoms with Crippen molar-refractivity contribution in [3.8, 4) is 0 Å². The Labute approximate surface area is 179 Å². The van der Waals surface area contributed by atoms with E-state index >= 15 is 0 Å². The van der Waals surface area contributed by atoms with Crippen LogP contribution in [0.1, 0.15) is 74.7 Å². The molecule has 31 heavy (non-hydrogen) atoms. The van der Waals surface area contributed by atoms with Crippen LogP contribution in [-0.4, -0.2) is 43.5 Å². The number of nitrogens with two attached hydrogens (primary N) is 1. The van der Waals surface area contributed by atoms with Crippen LogP contribution in [0.4, 0.5) is 13.6 Å². The summed E-state index contributed by atoms with van der Waals surface area (Å²) in [5, 5.41) is 7.71. The van der Waals surface area contributed by atoms with Crippen molar-refractivity contribution in [1.82, 2.24) is 24.8 Å². The molecule has 1 spiro atoms. The number of carbonyl (C=O) groups is 1. The molecule has 1 saturated heterocycles. The van der Waals surface area contributed by atoms with Crippen molar-refractivity contribution in [3.63, 3.8) is 0 Å². The molecule has 4 aliphatic rings. The highest BCUT2D eigenvalue weighted by Crippen LogP contribution is 2.49. The molecule has 3 heterocycles. The third-order valence-corrected chi connectivity index (χ3v) is 7.68. The Kier molecular flexibility index (Phi) is 4.13. The van der Waals surface area contributed by atoms with Crippen LogP contribution in [0.5, 0.6) is 0 Å². The molecule has 2 aromatic rings. The molecular formula is C22H28F2N6O. The van der Waals surface area contributed by atoms with Crippen LogP contribution in [0.15, 0.2) is 18.5 Å². The minimum absolute atomic E-state index is 0.00578. The zero-order valence-electron chi connectivity index (χ0n) is 17.4. The van der Waals surface area contributed by atoms with E-state index in [0.29, 0.717) is 30.1 Å². The summed E-state index contributed by atoms with van der Waals surface area (Å²) in [6, 6.07) is 1.67. The van der Waals surface area contributed by atoms with Crippen LogP contribution in [0.25, 0.3) is 5.65 Å². The third kappa shape index (κ3) is 3.46. The molecule has 6 rings (SSSR count). The van der Waals surface area contributed by atoms with Gasteiger partial charge in [-0.05, 0) is 62.0 Å². The van der Waals surface area contributed by atoms with E-state index in [-0.39, 0.29) is 42.4 Å². The number of imidazole rings is 1. The molecule has 4 fully saturated rings. The van der Waals surface area contributed by atoms with Crippen molar-refractivity contribution in [3.05, 3.63) is 29.7 Å². The first-order valence-corrected chi connectivity index (χ1v) is 11.4. The summed E-state index contributed by atoms with van der Waals surface area (Å²) in [5.41, 5.74) is 8.80. The van der Waals surface area contributed by atoms with E-state index < -0.39 is 5.92 Å². The second kappa shape index (κ2) is 6.60. The first-order chi connectivity index (χ1) is 14.8. The van der Waals surface area contributed by atoms with Gasteiger partial charge in [-0.15, -0.1) is 0 Å². The molecular weight excluding hydrogens is 402 g/mol. The Hall–Kier alpha value is -2.29. The lowest BCUT2D eigenvalue weighted by Crippen LogP contribution is -2.33. The first kappa shape index (κ1) is 19.4. The number of nitrogens with zero attached hydrogens (tertiary/aromatic N) is 4. The lowest BCUT2D eigenvalue weighted by Gasteiger charge is -2.31. The van der Waals surface area contributed by atoms with E-state index in [9.17, 15) is 13.6 Å². The number of fused-ring (bicyclic) bond motifs is 1. The average molecular weight is 431 g/mol. The van der Waals surface area contributed by atoms with Gasteiger partial charge in [0.15, 0.2) is 5.65 Å². The zero-order valence-corrected chi connectivity index (χ0v) is 17.4. The molecule has 166 valence electrons. The lowest BCUT2D eigenvalue weighted by atomic mass is 9.81. The van der Waals surface area contributed by atoms with Crippen molar-refractivity contribution in [2.75, 3.05) is 6.54 Å². The van der Waals surface area contributed by atoms with Gasteiger partial charge >= 0.3 is 6.03 Å². The van der Waals surface area contributed by atoms with Gasteiger partial charge in [0.2, 0.25) is 5.92 Å². The standard InChI is InChI=1S/C22H28F2N6O/c23-22(24)5-3-13(4-6-22)18(25)16-11-30-17(27-16)9-15(10-26-30)19(14-1-2-14)29-12-21(7-8-21)28-20(29)31/h9-11,13-14,18-19H,1-8,12,25H2,(H,28,31). The van der Waals surface area contributed by atoms with Gasteiger partial charge < -0.3 is 16.0 Å². The predicted octanol–water partition coefficient (Wildman–Crippen LogP) is 3.56. The predicted molar refractivity (Wildman–Crippen MR) is 109 cm³/mol. The quantitative estimate of drug-likeness (QED) is 0.759. The molecule has 2 atom stereocenters. The van der Waals surface area contributed by atoms with E-state index in [2.05, 4.69) is 10.4 Å². The summed E-state index contributed by atoms with van der Waals surface area (Å²) in [4.78, 5) is 19.3. The maximum atomic E-state index is 13.5. The first-order valence-electron chi connectivity index (χ1n) is 11.4. The van der Waals surface area contributed by atoms with Crippen molar-refractivity contribution in [2.24, 2.45) is 17.6 Å². The van der Waals surface area contributed by atoms with Gasteiger partial charge in [0.25, 0.3) is 0 Å². The van der Waals surface area contributed by atoms with Gasteiger partial charge in [-0.2, -0.15) is 5.10 Å². The van der Waals surface area contributed by atoms with Crippen LogP contribution in [-0.2, 0) is 0 Å². The fraction of sp³-hybridized carbons (Fsp3) is 0.682. The Morgan fingerprint density at radius 3 is 2.52 bits per heavy atom. The highest BCUT2D eigenvalue weighted by Gasteiger charge is 2.54. The van der Waals surface area contributed by atoms with Crippen LogP contribution in [0, 0.1) is 11.8 Å². The summed E-state index contributed by atoms with van der Waals surface area (Å²) >= 11 is 0. The number of alkyl halides is 2. The van der Waals surface area contributed by atoms with E-state index in [4.69, 9.17) is 10.7 Å². The minimum Gasteiger partial charge on any atom is -0.331 e. The van der Waals surface area contributed by atoms with Crippen molar-refractivity contribution in [1.29, 1.82) is 0 Å². The lowest BCUT2D eigenvalue weighted by molar-refractivity contribution is -0.0484. The highest BCUT2D eigenvalue weighted by atomic mass is 19.3. The summed E-state index contributed by atoms with van der Waals surface area (Å²) in [6.07, 6.45) is 8.59. The molecule has 7 nitrogen and oxygen atoms in total. The molecule has 0 aromatic carbocycles. The molecule has 3 N–H and O–H groups in total. The number of aromatic nitrogens is 3. The molecule has 0 radical (unpaired) electrons. The molecule has 9 heteroatoms. The number of halogens is 2. The number of rotatable bonds is 5. The summed E-state index contributed by atoms with van der Waals surface area (Å²) in [5.74, 6) is -2.10. The zero-order chi connectivity index (χ0) is 21.4. The summed E-state index contributed by atoms with van der Waals surface area (Å²) < 4.78 is 28.7. The molecule has 2 unspecified atom stereocenters. The van der Waals surface area contributed by atoms with Crippen LogP contribution >= 0.6 is 0 Å². The SMILES string of the molecule is NC(c1cn2ncc(C(C3CC3)N3CC4(CC4)NC3=O)cc2n1)C1CCC(F)(F)CC1.